The van der Waals surface area contributed by atoms with Gasteiger partial charge < -0.3 is 4.74 Å². The van der Waals surface area contributed by atoms with E-state index in [1.165, 1.54) is 6.08 Å². The minimum atomic E-state index is -0.0792. The predicted molar refractivity (Wildman–Crippen MR) is 87.5 cm³/mol. The van der Waals surface area contributed by atoms with Crippen molar-refractivity contribution in [2.75, 3.05) is 6.61 Å². The lowest BCUT2D eigenvalue weighted by Crippen LogP contribution is -1.98. The van der Waals surface area contributed by atoms with E-state index in [9.17, 15) is 4.79 Å². The first-order chi connectivity index (χ1) is 10.2. The van der Waals surface area contributed by atoms with Crippen molar-refractivity contribution in [2.24, 2.45) is 0 Å². The number of benzene rings is 1. The number of carbonyl (C=O) groups is 1. The minimum absolute atomic E-state index is 0.0792. The summed E-state index contributed by atoms with van der Waals surface area (Å²) < 4.78 is 6.63. The standard InChI is InChI=1S/C17H16BrNO2/c1-2-10-21-17-8-6-15(18)11-13(17)5-7-16(20)14-4-3-9-19-12-14/h3-9,11-12H,2,10H2,1H3/b7-5+. The molecule has 0 amide bonds. The van der Waals surface area contributed by atoms with E-state index in [0.29, 0.717) is 12.2 Å². The third-order valence-corrected chi connectivity index (χ3v) is 3.29. The number of ketones is 1. The Kier molecular flexibility index (Phi) is 5.69. The molecular formula is C17H16BrNO2. The van der Waals surface area contributed by atoms with Crippen molar-refractivity contribution in [1.82, 2.24) is 4.98 Å². The van der Waals surface area contributed by atoms with Gasteiger partial charge in [-0.2, -0.15) is 0 Å². The summed E-state index contributed by atoms with van der Waals surface area (Å²) >= 11 is 3.43. The van der Waals surface area contributed by atoms with E-state index < -0.39 is 0 Å². The smallest absolute Gasteiger partial charge is 0.187 e. The Morgan fingerprint density at radius 2 is 2.24 bits per heavy atom. The number of ether oxygens (including phenoxy) is 1. The van der Waals surface area contributed by atoms with Gasteiger partial charge in [-0.3, -0.25) is 9.78 Å². The molecule has 0 N–H and O–H groups in total. The van der Waals surface area contributed by atoms with Gasteiger partial charge in [0, 0.05) is 28.0 Å². The Morgan fingerprint density at radius 1 is 1.38 bits per heavy atom. The molecule has 2 rings (SSSR count). The van der Waals surface area contributed by atoms with Crippen LogP contribution in [-0.2, 0) is 0 Å². The summed E-state index contributed by atoms with van der Waals surface area (Å²) in [6, 6.07) is 9.24. The summed E-state index contributed by atoms with van der Waals surface area (Å²) in [5.41, 5.74) is 1.44. The zero-order valence-corrected chi connectivity index (χ0v) is 13.3. The number of carbonyl (C=O) groups excluding carboxylic acids is 1. The van der Waals surface area contributed by atoms with E-state index in [0.717, 1.165) is 22.2 Å². The lowest BCUT2D eigenvalue weighted by atomic mass is 10.1. The maximum Gasteiger partial charge on any atom is 0.187 e. The lowest BCUT2D eigenvalue weighted by Gasteiger charge is -2.08. The third-order valence-electron chi connectivity index (χ3n) is 2.79. The second-order valence-electron chi connectivity index (χ2n) is 4.47. The number of hydrogen-bond donors (Lipinski definition) is 0. The number of hydrogen-bond acceptors (Lipinski definition) is 3. The van der Waals surface area contributed by atoms with Crippen molar-refractivity contribution in [3.63, 3.8) is 0 Å². The van der Waals surface area contributed by atoms with E-state index in [2.05, 4.69) is 27.8 Å². The molecule has 0 aliphatic rings. The molecule has 0 radical (unpaired) electrons. The first-order valence-corrected chi connectivity index (χ1v) is 7.55. The molecule has 0 saturated heterocycles. The van der Waals surface area contributed by atoms with Crippen LogP contribution in [-0.4, -0.2) is 17.4 Å². The van der Waals surface area contributed by atoms with Crippen LogP contribution in [0.1, 0.15) is 29.3 Å². The summed E-state index contributed by atoms with van der Waals surface area (Å²) in [6.07, 6.45) is 7.45. The van der Waals surface area contributed by atoms with Gasteiger partial charge in [-0.1, -0.05) is 22.9 Å². The average molecular weight is 346 g/mol. The third kappa shape index (κ3) is 4.53. The summed E-state index contributed by atoms with van der Waals surface area (Å²) in [7, 11) is 0. The van der Waals surface area contributed by atoms with Crippen molar-refractivity contribution in [2.45, 2.75) is 13.3 Å². The molecule has 4 heteroatoms. The van der Waals surface area contributed by atoms with Crippen molar-refractivity contribution < 1.29 is 9.53 Å². The van der Waals surface area contributed by atoms with Crippen LogP contribution in [0.5, 0.6) is 5.75 Å². The molecule has 21 heavy (non-hydrogen) atoms. The van der Waals surface area contributed by atoms with E-state index in [1.54, 1.807) is 30.6 Å². The van der Waals surface area contributed by atoms with Crippen LogP contribution in [0.3, 0.4) is 0 Å². The Hall–Kier alpha value is -1.94. The Morgan fingerprint density at radius 3 is 2.95 bits per heavy atom. The van der Waals surface area contributed by atoms with E-state index >= 15 is 0 Å². The zero-order valence-electron chi connectivity index (χ0n) is 11.8. The predicted octanol–water partition coefficient (Wildman–Crippen LogP) is 4.53. The summed E-state index contributed by atoms with van der Waals surface area (Å²) in [4.78, 5) is 16.0. The lowest BCUT2D eigenvalue weighted by molar-refractivity contribution is 0.104. The van der Waals surface area contributed by atoms with Crippen molar-refractivity contribution >= 4 is 27.8 Å². The number of halogens is 1. The van der Waals surface area contributed by atoms with E-state index in [-0.39, 0.29) is 5.78 Å². The maximum atomic E-state index is 12.0. The Bertz CT molecular complexity index is 638. The van der Waals surface area contributed by atoms with Crippen LogP contribution in [0.15, 0.2) is 53.3 Å². The van der Waals surface area contributed by atoms with Gasteiger partial charge in [0.2, 0.25) is 0 Å². The SMILES string of the molecule is CCCOc1ccc(Br)cc1/C=C/C(=O)c1cccnc1. The Labute approximate surface area is 132 Å². The highest BCUT2D eigenvalue weighted by Crippen LogP contribution is 2.25. The highest BCUT2D eigenvalue weighted by Gasteiger charge is 2.04. The summed E-state index contributed by atoms with van der Waals surface area (Å²) in [5, 5.41) is 0. The highest BCUT2D eigenvalue weighted by atomic mass is 79.9. The Balaban J connectivity index is 2.19. The van der Waals surface area contributed by atoms with Crippen LogP contribution in [0.2, 0.25) is 0 Å². The fraction of sp³-hybridized carbons (Fsp3) is 0.176. The van der Waals surface area contributed by atoms with E-state index in [1.807, 2.05) is 18.2 Å². The fourth-order valence-electron chi connectivity index (χ4n) is 1.76. The van der Waals surface area contributed by atoms with Gasteiger partial charge in [0.15, 0.2) is 5.78 Å². The molecule has 2 aromatic rings. The van der Waals surface area contributed by atoms with Gasteiger partial charge in [0.05, 0.1) is 6.61 Å². The van der Waals surface area contributed by atoms with Gasteiger partial charge >= 0.3 is 0 Å². The maximum absolute atomic E-state index is 12.0. The molecular weight excluding hydrogens is 330 g/mol. The molecule has 0 aliphatic heterocycles. The number of aromatic nitrogens is 1. The molecule has 1 heterocycles. The second kappa shape index (κ2) is 7.74. The summed E-state index contributed by atoms with van der Waals surface area (Å²) in [5.74, 6) is 0.694. The highest BCUT2D eigenvalue weighted by molar-refractivity contribution is 9.10. The first kappa shape index (κ1) is 15.4. The first-order valence-electron chi connectivity index (χ1n) is 6.75. The fourth-order valence-corrected chi connectivity index (χ4v) is 2.14. The average Bonchev–Trinajstić information content (AvgIpc) is 2.52. The topological polar surface area (TPSA) is 39.2 Å². The molecule has 0 aliphatic carbocycles. The quantitative estimate of drug-likeness (QED) is 0.570. The van der Waals surface area contributed by atoms with Crippen molar-refractivity contribution in [1.29, 1.82) is 0 Å². The van der Waals surface area contributed by atoms with Crippen LogP contribution < -0.4 is 4.74 Å². The number of allylic oxidation sites excluding steroid dienone is 1. The number of rotatable bonds is 6. The molecule has 1 aromatic carbocycles. The molecule has 0 spiro atoms. The van der Waals surface area contributed by atoms with Gasteiger partial charge in [-0.15, -0.1) is 0 Å². The largest absolute Gasteiger partial charge is 0.493 e. The molecule has 0 unspecified atom stereocenters. The molecule has 108 valence electrons. The summed E-state index contributed by atoms with van der Waals surface area (Å²) in [6.45, 7) is 2.71. The van der Waals surface area contributed by atoms with Gasteiger partial charge in [-0.05, 0) is 48.9 Å². The molecule has 0 fully saturated rings. The minimum Gasteiger partial charge on any atom is -0.493 e. The van der Waals surface area contributed by atoms with E-state index in [4.69, 9.17) is 4.74 Å². The molecule has 1 aromatic heterocycles. The van der Waals surface area contributed by atoms with Crippen molar-refractivity contribution in [3.8, 4) is 5.75 Å². The van der Waals surface area contributed by atoms with Crippen LogP contribution in [0, 0.1) is 0 Å². The van der Waals surface area contributed by atoms with Crippen molar-refractivity contribution in [3.05, 3.63) is 64.4 Å². The number of nitrogens with zero attached hydrogens (tertiary/aromatic N) is 1. The number of pyridine rings is 1. The zero-order chi connectivity index (χ0) is 15.1. The second-order valence-corrected chi connectivity index (χ2v) is 5.39. The molecule has 0 atom stereocenters. The molecule has 0 bridgehead atoms. The van der Waals surface area contributed by atoms with Gasteiger partial charge in [0.25, 0.3) is 0 Å². The normalized spacial score (nSPS) is 10.8. The molecule has 3 nitrogen and oxygen atoms in total. The van der Waals surface area contributed by atoms with Crippen LogP contribution >= 0.6 is 15.9 Å². The van der Waals surface area contributed by atoms with Crippen LogP contribution in [0.4, 0.5) is 0 Å². The van der Waals surface area contributed by atoms with Crippen LogP contribution in [0.25, 0.3) is 6.08 Å². The monoisotopic (exact) mass is 345 g/mol. The molecule has 0 saturated carbocycles. The van der Waals surface area contributed by atoms with Gasteiger partial charge in [-0.25, -0.2) is 0 Å². The van der Waals surface area contributed by atoms with Gasteiger partial charge in [0.1, 0.15) is 5.75 Å².